The number of nitrogens with two attached hydrogens (primary N) is 1. The SMILES string of the molecule is CCOc1cccc(C(C=C(C)C)NN)c1. The highest BCUT2D eigenvalue weighted by atomic mass is 16.5. The summed E-state index contributed by atoms with van der Waals surface area (Å²) in [5, 5.41) is 0. The maximum Gasteiger partial charge on any atom is 0.119 e. The third-order valence-electron chi connectivity index (χ3n) is 2.21. The van der Waals surface area contributed by atoms with Gasteiger partial charge in [0.1, 0.15) is 5.75 Å². The van der Waals surface area contributed by atoms with Gasteiger partial charge in [0.25, 0.3) is 0 Å². The van der Waals surface area contributed by atoms with Crippen LogP contribution < -0.4 is 16.0 Å². The topological polar surface area (TPSA) is 47.3 Å². The molecule has 1 unspecified atom stereocenters. The van der Waals surface area contributed by atoms with Crippen LogP contribution in [-0.2, 0) is 0 Å². The highest BCUT2D eigenvalue weighted by Gasteiger charge is 2.06. The third-order valence-corrected chi connectivity index (χ3v) is 2.21. The summed E-state index contributed by atoms with van der Waals surface area (Å²) in [6, 6.07) is 8.00. The Bertz CT molecular complexity index is 357. The molecule has 3 heteroatoms. The number of hydrogen-bond acceptors (Lipinski definition) is 3. The maximum absolute atomic E-state index is 5.54. The van der Waals surface area contributed by atoms with Crippen LogP contribution in [-0.4, -0.2) is 6.61 Å². The fraction of sp³-hybridized carbons (Fsp3) is 0.385. The van der Waals surface area contributed by atoms with E-state index in [9.17, 15) is 0 Å². The monoisotopic (exact) mass is 220 g/mol. The van der Waals surface area contributed by atoms with Gasteiger partial charge in [0.15, 0.2) is 0 Å². The lowest BCUT2D eigenvalue weighted by Crippen LogP contribution is -2.26. The normalized spacial score (nSPS) is 12.0. The van der Waals surface area contributed by atoms with Crippen molar-refractivity contribution in [3.8, 4) is 5.75 Å². The summed E-state index contributed by atoms with van der Waals surface area (Å²) in [7, 11) is 0. The van der Waals surface area contributed by atoms with Crippen molar-refractivity contribution in [3.05, 3.63) is 41.5 Å². The van der Waals surface area contributed by atoms with Crippen LogP contribution in [0.4, 0.5) is 0 Å². The second-order valence-electron chi connectivity index (χ2n) is 3.89. The Balaban J connectivity index is 2.92. The molecule has 0 aromatic heterocycles. The Morgan fingerprint density at radius 3 is 2.81 bits per heavy atom. The number of hydrazine groups is 1. The molecule has 0 aliphatic rings. The molecule has 3 N–H and O–H groups in total. The zero-order valence-electron chi connectivity index (χ0n) is 10.2. The highest BCUT2D eigenvalue weighted by molar-refractivity contribution is 5.32. The fourth-order valence-electron chi connectivity index (χ4n) is 1.54. The second kappa shape index (κ2) is 6.30. The zero-order valence-corrected chi connectivity index (χ0v) is 10.2. The van der Waals surface area contributed by atoms with E-state index in [4.69, 9.17) is 10.6 Å². The number of rotatable bonds is 5. The van der Waals surface area contributed by atoms with Gasteiger partial charge in [0, 0.05) is 0 Å². The van der Waals surface area contributed by atoms with Gasteiger partial charge in [0.2, 0.25) is 0 Å². The number of benzene rings is 1. The summed E-state index contributed by atoms with van der Waals surface area (Å²) in [6.07, 6.45) is 2.09. The van der Waals surface area contributed by atoms with Crippen molar-refractivity contribution in [2.75, 3.05) is 6.61 Å². The molecular weight excluding hydrogens is 200 g/mol. The van der Waals surface area contributed by atoms with Crippen LogP contribution in [0.1, 0.15) is 32.4 Å². The first-order valence-electron chi connectivity index (χ1n) is 5.51. The maximum atomic E-state index is 5.54. The van der Waals surface area contributed by atoms with Crippen LogP contribution in [0.3, 0.4) is 0 Å². The Kier molecular flexibility index (Phi) is 5.02. The van der Waals surface area contributed by atoms with Gasteiger partial charge >= 0.3 is 0 Å². The molecular formula is C13H20N2O. The molecule has 0 aliphatic carbocycles. The minimum Gasteiger partial charge on any atom is -0.494 e. The summed E-state index contributed by atoms with van der Waals surface area (Å²) in [4.78, 5) is 0. The smallest absolute Gasteiger partial charge is 0.119 e. The molecule has 0 spiro atoms. The van der Waals surface area contributed by atoms with Gasteiger partial charge in [-0.15, -0.1) is 0 Å². The number of hydrogen-bond donors (Lipinski definition) is 2. The molecule has 0 bridgehead atoms. The van der Waals surface area contributed by atoms with Gasteiger partial charge in [-0.25, -0.2) is 5.43 Å². The molecule has 88 valence electrons. The quantitative estimate of drug-likeness (QED) is 0.455. The molecule has 0 amide bonds. The van der Waals surface area contributed by atoms with E-state index in [1.165, 1.54) is 5.57 Å². The minimum absolute atomic E-state index is 0.0328. The summed E-state index contributed by atoms with van der Waals surface area (Å²) in [5.74, 6) is 6.42. The lowest BCUT2D eigenvalue weighted by Gasteiger charge is -2.14. The Morgan fingerprint density at radius 1 is 1.50 bits per heavy atom. The third kappa shape index (κ3) is 3.68. The lowest BCUT2D eigenvalue weighted by atomic mass is 10.1. The van der Waals surface area contributed by atoms with Crippen molar-refractivity contribution in [1.29, 1.82) is 0 Å². The van der Waals surface area contributed by atoms with Gasteiger partial charge in [-0.1, -0.05) is 23.8 Å². The van der Waals surface area contributed by atoms with E-state index in [0.29, 0.717) is 6.61 Å². The molecule has 3 nitrogen and oxygen atoms in total. The first-order chi connectivity index (χ1) is 7.67. The second-order valence-corrected chi connectivity index (χ2v) is 3.89. The van der Waals surface area contributed by atoms with Crippen molar-refractivity contribution in [2.45, 2.75) is 26.8 Å². The number of allylic oxidation sites excluding steroid dienone is 1. The van der Waals surface area contributed by atoms with Crippen molar-refractivity contribution in [2.24, 2.45) is 5.84 Å². The first-order valence-corrected chi connectivity index (χ1v) is 5.51. The van der Waals surface area contributed by atoms with E-state index < -0.39 is 0 Å². The van der Waals surface area contributed by atoms with Crippen molar-refractivity contribution in [1.82, 2.24) is 5.43 Å². The van der Waals surface area contributed by atoms with Crippen LogP contribution in [0.15, 0.2) is 35.9 Å². The van der Waals surface area contributed by atoms with Crippen molar-refractivity contribution < 1.29 is 4.74 Å². The van der Waals surface area contributed by atoms with Crippen LogP contribution in [0.25, 0.3) is 0 Å². The molecule has 0 saturated carbocycles. The largest absolute Gasteiger partial charge is 0.494 e. The molecule has 0 aliphatic heterocycles. The molecule has 0 fully saturated rings. The average molecular weight is 220 g/mol. The zero-order chi connectivity index (χ0) is 12.0. The first kappa shape index (κ1) is 12.7. The molecule has 0 radical (unpaired) electrons. The van der Waals surface area contributed by atoms with E-state index in [1.807, 2.05) is 31.2 Å². The molecule has 16 heavy (non-hydrogen) atoms. The average Bonchev–Trinajstić information content (AvgIpc) is 2.26. The van der Waals surface area contributed by atoms with Crippen molar-refractivity contribution >= 4 is 0 Å². The van der Waals surface area contributed by atoms with Crippen LogP contribution in [0.5, 0.6) is 5.75 Å². The Labute approximate surface area is 97.3 Å². The van der Waals surface area contributed by atoms with Gasteiger partial charge in [-0.2, -0.15) is 0 Å². The van der Waals surface area contributed by atoms with Crippen LogP contribution in [0, 0.1) is 0 Å². The summed E-state index contributed by atoms with van der Waals surface area (Å²) < 4.78 is 5.46. The molecule has 0 saturated heterocycles. The predicted octanol–water partition coefficient (Wildman–Crippen LogP) is 2.56. The number of nitrogens with one attached hydrogen (secondary N) is 1. The molecule has 1 atom stereocenters. The van der Waals surface area contributed by atoms with Crippen LogP contribution >= 0.6 is 0 Å². The van der Waals surface area contributed by atoms with Gasteiger partial charge in [-0.05, 0) is 38.5 Å². The predicted molar refractivity (Wildman–Crippen MR) is 67.1 cm³/mol. The minimum atomic E-state index is 0.0328. The summed E-state index contributed by atoms with van der Waals surface area (Å²) in [6.45, 7) is 6.75. The molecule has 1 rings (SSSR count). The van der Waals surface area contributed by atoms with E-state index in [-0.39, 0.29) is 6.04 Å². The fourth-order valence-corrected chi connectivity index (χ4v) is 1.54. The highest BCUT2D eigenvalue weighted by Crippen LogP contribution is 2.20. The number of ether oxygens (including phenoxy) is 1. The molecule has 0 heterocycles. The van der Waals surface area contributed by atoms with E-state index in [0.717, 1.165) is 11.3 Å². The summed E-state index contributed by atoms with van der Waals surface area (Å²) in [5.41, 5.74) is 5.12. The van der Waals surface area contributed by atoms with E-state index in [1.54, 1.807) is 0 Å². The standard InChI is InChI=1S/C13H20N2O/c1-4-16-12-7-5-6-11(9-12)13(15-14)8-10(2)3/h5-9,13,15H,4,14H2,1-3H3. The Morgan fingerprint density at radius 2 is 2.25 bits per heavy atom. The summed E-state index contributed by atoms with van der Waals surface area (Å²) >= 11 is 0. The molecule has 1 aromatic rings. The van der Waals surface area contributed by atoms with Crippen LogP contribution in [0.2, 0.25) is 0 Å². The lowest BCUT2D eigenvalue weighted by molar-refractivity contribution is 0.339. The van der Waals surface area contributed by atoms with Gasteiger partial charge in [-0.3, -0.25) is 5.84 Å². The van der Waals surface area contributed by atoms with E-state index >= 15 is 0 Å². The van der Waals surface area contributed by atoms with Gasteiger partial charge < -0.3 is 4.74 Å². The molecule has 1 aromatic carbocycles. The van der Waals surface area contributed by atoms with E-state index in [2.05, 4.69) is 25.3 Å². The Hall–Kier alpha value is -1.32. The van der Waals surface area contributed by atoms with Crippen molar-refractivity contribution in [3.63, 3.8) is 0 Å². The van der Waals surface area contributed by atoms with Gasteiger partial charge in [0.05, 0.1) is 12.6 Å².